The fourth-order valence-electron chi connectivity index (χ4n) is 1.90. The Bertz CT molecular complexity index is 544. The third kappa shape index (κ3) is 4.63. The van der Waals surface area contributed by atoms with Crippen LogP contribution in [0.4, 0.5) is 4.39 Å². The number of rotatable bonds is 6. The van der Waals surface area contributed by atoms with Crippen molar-refractivity contribution in [1.82, 2.24) is 9.88 Å². The molecule has 0 saturated carbocycles. The average Bonchev–Trinajstić information content (AvgIpc) is 2.82. The van der Waals surface area contributed by atoms with Crippen molar-refractivity contribution in [2.75, 3.05) is 13.6 Å². The SMILES string of the molecule is CN(CCC(N)c1ccc(F)cn1)Cc1cc(Br)cs1. The van der Waals surface area contributed by atoms with Gasteiger partial charge in [-0.3, -0.25) is 4.98 Å². The zero-order chi connectivity index (χ0) is 14.5. The number of pyridine rings is 1. The van der Waals surface area contributed by atoms with Crippen LogP contribution in [0.2, 0.25) is 0 Å². The first kappa shape index (κ1) is 15.6. The van der Waals surface area contributed by atoms with Crippen LogP contribution in [0.25, 0.3) is 0 Å². The van der Waals surface area contributed by atoms with Crippen molar-refractivity contribution in [3.63, 3.8) is 0 Å². The average molecular weight is 358 g/mol. The summed E-state index contributed by atoms with van der Waals surface area (Å²) in [5.74, 6) is -0.332. The van der Waals surface area contributed by atoms with E-state index in [-0.39, 0.29) is 11.9 Å². The summed E-state index contributed by atoms with van der Waals surface area (Å²) in [4.78, 5) is 7.56. The summed E-state index contributed by atoms with van der Waals surface area (Å²) < 4.78 is 13.9. The zero-order valence-electron chi connectivity index (χ0n) is 11.2. The van der Waals surface area contributed by atoms with Crippen molar-refractivity contribution < 1.29 is 4.39 Å². The van der Waals surface area contributed by atoms with Gasteiger partial charge in [-0.05, 0) is 47.6 Å². The first-order chi connectivity index (χ1) is 9.54. The van der Waals surface area contributed by atoms with Crippen LogP contribution in [0.1, 0.15) is 23.0 Å². The molecule has 0 saturated heterocycles. The summed E-state index contributed by atoms with van der Waals surface area (Å²) >= 11 is 5.19. The van der Waals surface area contributed by atoms with Crippen molar-refractivity contribution in [2.45, 2.75) is 19.0 Å². The van der Waals surface area contributed by atoms with Crippen LogP contribution in [-0.2, 0) is 6.54 Å². The second-order valence-corrected chi connectivity index (χ2v) is 6.68. The number of nitrogens with two attached hydrogens (primary N) is 1. The minimum atomic E-state index is -0.332. The summed E-state index contributed by atoms with van der Waals surface area (Å²) in [7, 11) is 2.07. The summed E-state index contributed by atoms with van der Waals surface area (Å²) in [5.41, 5.74) is 6.81. The number of hydrogen-bond acceptors (Lipinski definition) is 4. The van der Waals surface area contributed by atoms with Gasteiger partial charge in [-0.1, -0.05) is 0 Å². The van der Waals surface area contributed by atoms with Gasteiger partial charge in [-0.25, -0.2) is 4.39 Å². The highest BCUT2D eigenvalue weighted by Crippen LogP contribution is 2.21. The van der Waals surface area contributed by atoms with Gasteiger partial charge >= 0.3 is 0 Å². The highest BCUT2D eigenvalue weighted by Gasteiger charge is 2.10. The molecule has 0 spiro atoms. The third-order valence-electron chi connectivity index (χ3n) is 3.00. The Hall–Kier alpha value is -0.820. The normalized spacial score (nSPS) is 12.8. The van der Waals surface area contributed by atoms with E-state index in [1.807, 2.05) is 0 Å². The van der Waals surface area contributed by atoms with Crippen LogP contribution >= 0.6 is 27.3 Å². The molecule has 0 aliphatic heterocycles. The molecule has 2 aromatic rings. The lowest BCUT2D eigenvalue weighted by molar-refractivity contribution is 0.313. The second kappa shape index (κ2) is 7.26. The fraction of sp³-hybridized carbons (Fsp3) is 0.357. The van der Waals surface area contributed by atoms with Crippen LogP contribution in [0.5, 0.6) is 0 Å². The predicted molar refractivity (Wildman–Crippen MR) is 84.1 cm³/mol. The topological polar surface area (TPSA) is 42.1 Å². The van der Waals surface area contributed by atoms with E-state index in [0.29, 0.717) is 0 Å². The van der Waals surface area contributed by atoms with Gasteiger partial charge in [0.25, 0.3) is 0 Å². The molecule has 0 aliphatic rings. The van der Waals surface area contributed by atoms with Crippen LogP contribution in [0.15, 0.2) is 34.2 Å². The molecule has 0 fully saturated rings. The maximum Gasteiger partial charge on any atom is 0.141 e. The molecule has 0 amide bonds. The number of nitrogens with zero attached hydrogens (tertiary/aromatic N) is 2. The fourth-order valence-corrected chi connectivity index (χ4v) is 3.43. The van der Waals surface area contributed by atoms with E-state index in [2.05, 4.69) is 44.3 Å². The van der Waals surface area contributed by atoms with E-state index in [0.717, 1.165) is 29.7 Å². The molecule has 1 unspecified atom stereocenters. The minimum absolute atomic E-state index is 0.159. The molecule has 20 heavy (non-hydrogen) atoms. The molecule has 0 radical (unpaired) electrons. The molecule has 2 N–H and O–H groups in total. The zero-order valence-corrected chi connectivity index (χ0v) is 13.6. The van der Waals surface area contributed by atoms with Crippen molar-refractivity contribution in [1.29, 1.82) is 0 Å². The Morgan fingerprint density at radius 2 is 2.30 bits per heavy atom. The van der Waals surface area contributed by atoms with Gasteiger partial charge in [0.1, 0.15) is 5.82 Å². The lowest BCUT2D eigenvalue weighted by Crippen LogP contribution is -2.23. The first-order valence-corrected chi connectivity index (χ1v) is 8.00. The monoisotopic (exact) mass is 357 g/mol. The quantitative estimate of drug-likeness (QED) is 0.859. The van der Waals surface area contributed by atoms with E-state index >= 15 is 0 Å². The van der Waals surface area contributed by atoms with Crippen LogP contribution in [0.3, 0.4) is 0 Å². The van der Waals surface area contributed by atoms with Crippen molar-refractivity contribution in [3.05, 3.63) is 50.6 Å². The standard InChI is InChI=1S/C14H17BrFN3S/c1-19(8-12-6-10(15)9-20-12)5-4-13(17)14-3-2-11(16)7-18-14/h2-3,6-7,9,13H,4-5,8,17H2,1H3. The summed E-state index contributed by atoms with van der Waals surface area (Å²) in [5, 5.41) is 2.08. The molecule has 2 heterocycles. The molecule has 6 heteroatoms. The number of thiophene rings is 1. The van der Waals surface area contributed by atoms with E-state index in [9.17, 15) is 4.39 Å². The van der Waals surface area contributed by atoms with E-state index < -0.39 is 0 Å². The molecule has 1 atom stereocenters. The molecular formula is C14H17BrFN3S. The molecule has 108 valence electrons. The highest BCUT2D eigenvalue weighted by molar-refractivity contribution is 9.10. The van der Waals surface area contributed by atoms with Gasteiger partial charge in [-0.2, -0.15) is 0 Å². The Kier molecular flexibility index (Phi) is 5.65. The van der Waals surface area contributed by atoms with E-state index in [1.54, 1.807) is 17.4 Å². The number of halogens is 2. The molecule has 0 aromatic carbocycles. The summed E-state index contributed by atoms with van der Waals surface area (Å²) in [6, 6.07) is 5.02. The molecular weight excluding hydrogens is 341 g/mol. The van der Waals surface area contributed by atoms with Crippen LogP contribution < -0.4 is 5.73 Å². The third-order valence-corrected chi connectivity index (χ3v) is 4.68. The maximum atomic E-state index is 12.8. The van der Waals surface area contributed by atoms with Gasteiger partial charge in [0, 0.05) is 33.9 Å². The lowest BCUT2D eigenvalue weighted by atomic mass is 10.1. The number of hydrogen-bond donors (Lipinski definition) is 1. The molecule has 3 nitrogen and oxygen atoms in total. The molecule has 2 rings (SSSR count). The van der Waals surface area contributed by atoms with Crippen molar-refractivity contribution in [3.8, 4) is 0 Å². The van der Waals surface area contributed by atoms with Crippen LogP contribution in [0, 0.1) is 5.82 Å². The minimum Gasteiger partial charge on any atom is -0.323 e. The first-order valence-electron chi connectivity index (χ1n) is 6.33. The van der Waals surface area contributed by atoms with Gasteiger partial charge < -0.3 is 10.6 Å². The maximum absolute atomic E-state index is 12.8. The van der Waals surface area contributed by atoms with Gasteiger partial charge in [0.05, 0.1) is 11.9 Å². The Morgan fingerprint density at radius 1 is 1.50 bits per heavy atom. The predicted octanol–water partition coefficient (Wildman–Crippen LogP) is 3.57. The van der Waals surface area contributed by atoms with Crippen LogP contribution in [-0.4, -0.2) is 23.5 Å². The van der Waals surface area contributed by atoms with Gasteiger partial charge in [-0.15, -0.1) is 11.3 Å². The summed E-state index contributed by atoms with van der Waals surface area (Å²) in [6.07, 6.45) is 2.00. The van der Waals surface area contributed by atoms with E-state index in [1.165, 1.54) is 17.1 Å². The molecule has 0 aliphatic carbocycles. The largest absolute Gasteiger partial charge is 0.323 e. The van der Waals surface area contributed by atoms with E-state index in [4.69, 9.17) is 5.73 Å². The Balaban J connectivity index is 1.80. The van der Waals surface area contributed by atoms with Gasteiger partial charge in [0.2, 0.25) is 0 Å². The summed E-state index contributed by atoms with van der Waals surface area (Å²) in [6.45, 7) is 1.77. The lowest BCUT2D eigenvalue weighted by Gasteiger charge is -2.18. The molecule has 2 aromatic heterocycles. The molecule has 0 bridgehead atoms. The number of aromatic nitrogens is 1. The second-order valence-electron chi connectivity index (χ2n) is 4.77. The highest BCUT2D eigenvalue weighted by atomic mass is 79.9. The van der Waals surface area contributed by atoms with Crippen molar-refractivity contribution in [2.24, 2.45) is 5.73 Å². The Morgan fingerprint density at radius 3 is 2.90 bits per heavy atom. The Labute approximate surface area is 130 Å². The van der Waals surface area contributed by atoms with Crippen molar-refractivity contribution >= 4 is 27.3 Å². The smallest absolute Gasteiger partial charge is 0.141 e. The van der Waals surface area contributed by atoms with Gasteiger partial charge in [0.15, 0.2) is 0 Å².